The molecule has 3 aromatic heterocycles. The number of aromatic nitrogens is 5. The van der Waals surface area contributed by atoms with Gasteiger partial charge in [-0.15, -0.1) is 0 Å². The Balaban J connectivity index is 1.21. The number of hydrogen-bond acceptors (Lipinski definition) is 6. The molecule has 3 heterocycles. The van der Waals surface area contributed by atoms with E-state index in [0.29, 0.717) is 23.4 Å². The monoisotopic (exact) mass is 542 g/mol. The molecule has 5 rings (SSSR count). The molecule has 0 saturated heterocycles. The number of nitrogens with one attached hydrogen (secondary N) is 1. The SMILES string of the molecule is CCCn1ncc(Cc2ncc(-c3ccc(CC(=O)Nc4cc(C5(C(F)(F)F)CC5)on4)c(F)c3)cn2)c1C. The lowest BCUT2D eigenvalue weighted by molar-refractivity contribution is -0.165. The van der Waals surface area contributed by atoms with Crippen molar-refractivity contribution in [3.05, 3.63) is 77.1 Å². The first-order chi connectivity index (χ1) is 18.6. The van der Waals surface area contributed by atoms with Gasteiger partial charge in [-0.1, -0.05) is 24.2 Å². The molecule has 1 N–H and O–H groups in total. The number of halogens is 4. The molecule has 1 aliphatic carbocycles. The maximum absolute atomic E-state index is 14.8. The summed E-state index contributed by atoms with van der Waals surface area (Å²) in [5.74, 6) is -1.11. The van der Waals surface area contributed by atoms with Crippen LogP contribution in [0.1, 0.15) is 54.6 Å². The standard InChI is InChI=1S/C27H26F4N6O2/c1-3-8-37-16(2)19(15-34-37)10-23-32-13-20(14-33-23)17-4-5-18(21(28)9-17)11-25(38)35-24-12-22(39-36-24)26(6-7-26)27(29,30)31/h4-5,9,12-15H,3,6-8,10-11H2,1-2H3,(H,35,36,38). The third-order valence-electron chi connectivity index (χ3n) is 6.97. The van der Waals surface area contributed by atoms with Crippen LogP contribution in [0.2, 0.25) is 0 Å². The highest BCUT2D eigenvalue weighted by atomic mass is 19.4. The van der Waals surface area contributed by atoms with Crippen LogP contribution in [0.25, 0.3) is 11.1 Å². The summed E-state index contributed by atoms with van der Waals surface area (Å²) < 4.78 is 61.4. The Morgan fingerprint density at radius 2 is 1.85 bits per heavy atom. The van der Waals surface area contributed by atoms with E-state index in [0.717, 1.165) is 30.3 Å². The molecule has 204 valence electrons. The maximum atomic E-state index is 14.8. The molecule has 12 heteroatoms. The van der Waals surface area contributed by atoms with Crippen molar-refractivity contribution in [2.45, 2.75) is 64.1 Å². The predicted molar refractivity (Wildman–Crippen MR) is 133 cm³/mol. The molecular formula is C27H26F4N6O2. The third-order valence-corrected chi connectivity index (χ3v) is 6.97. The molecular weight excluding hydrogens is 516 g/mol. The second-order valence-electron chi connectivity index (χ2n) is 9.73. The maximum Gasteiger partial charge on any atom is 0.401 e. The zero-order chi connectivity index (χ0) is 27.8. The van der Waals surface area contributed by atoms with Gasteiger partial charge in [-0.25, -0.2) is 14.4 Å². The molecule has 1 fully saturated rings. The molecule has 1 amide bonds. The number of rotatable bonds is 9. The highest BCUT2D eigenvalue weighted by Gasteiger charge is 2.66. The van der Waals surface area contributed by atoms with Gasteiger partial charge in [0.2, 0.25) is 5.91 Å². The Labute approximate surface area is 221 Å². The van der Waals surface area contributed by atoms with Crippen LogP contribution in [0.4, 0.5) is 23.4 Å². The lowest BCUT2D eigenvalue weighted by Crippen LogP contribution is -2.28. The zero-order valence-corrected chi connectivity index (χ0v) is 21.3. The van der Waals surface area contributed by atoms with Crippen molar-refractivity contribution in [2.75, 3.05) is 5.32 Å². The average molecular weight is 543 g/mol. The van der Waals surface area contributed by atoms with E-state index in [-0.39, 0.29) is 36.4 Å². The van der Waals surface area contributed by atoms with Crippen LogP contribution in [0.3, 0.4) is 0 Å². The quantitative estimate of drug-likeness (QED) is 0.279. The Kier molecular flexibility index (Phi) is 6.96. The second kappa shape index (κ2) is 10.2. The van der Waals surface area contributed by atoms with Crippen molar-refractivity contribution < 1.29 is 26.9 Å². The number of hydrogen-bond donors (Lipinski definition) is 1. The minimum atomic E-state index is -4.46. The smallest absolute Gasteiger partial charge is 0.358 e. The van der Waals surface area contributed by atoms with Crippen molar-refractivity contribution >= 4 is 11.7 Å². The first-order valence-electron chi connectivity index (χ1n) is 12.5. The summed E-state index contributed by atoms with van der Waals surface area (Å²) in [5, 5.41) is 10.3. The summed E-state index contributed by atoms with van der Waals surface area (Å²) in [4.78, 5) is 21.2. The predicted octanol–water partition coefficient (Wildman–Crippen LogP) is 5.55. The van der Waals surface area contributed by atoms with E-state index in [1.54, 1.807) is 18.5 Å². The summed E-state index contributed by atoms with van der Waals surface area (Å²) in [6, 6.07) is 5.48. The number of benzene rings is 1. The fourth-order valence-corrected chi connectivity index (χ4v) is 4.45. The molecule has 0 bridgehead atoms. The van der Waals surface area contributed by atoms with Crippen molar-refractivity contribution in [1.29, 1.82) is 0 Å². The van der Waals surface area contributed by atoms with Crippen LogP contribution in [-0.4, -0.2) is 37.0 Å². The molecule has 8 nitrogen and oxygen atoms in total. The summed E-state index contributed by atoms with van der Waals surface area (Å²) >= 11 is 0. The van der Waals surface area contributed by atoms with Crippen LogP contribution in [-0.2, 0) is 29.6 Å². The number of aryl methyl sites for hydroxylation is 1. The number of alkyl halides is 3. The molecule has 4 aromatic rings. The van der Waals surface area contributed by atoms with E-state index in [9.17, 15) is 22.4 Å². The van der Waals surface area contributed by atoms with Gasteiger partial charge in [0.1, 0.15) is 17.1 Å². The number of amides is 1. The molecule has 1 aromatic carbocycles. The topological polar surface area (TPSA) is 98.7 Å². The lowest BCUT2D eigenvalue weighted by Gasteiger charge is -2.14. The summed E-state index contributed by atoms with van der Waals surface area (Å²) in [5.41, 5.74) is 1.34. The number of anilines is 1. The Bertz CT molecular complexity index is 1490. The normalized spacial score (nSPS) is 14.4. The highest BCUT2D eigenvalue weighted by Crippen LogP contribution is 2.59. The van der Waals surface area contributed by atoms with E-state index in [2.05, 4.69) is 32.5 Å². The molecule has 1 aliphatic rings. The van der Waals surface area contributed by atoms with Gasteiger partial charge in [-0.3, -0.25) is 9.48 Å². The Morgan fingerprint density at radius 1 is 1.10 bits per heavy atom. The third kappa shape index (κ3) is 5.41. The van der Waals surface area contributed by atoms with Gasteiger partial charge < -0.3 is 9.84 Å². The fourth-order valence-electron chi connectivity index (χ4n) is 4.45. The van der Waals surface area contributed by atoms with E-state index < -0.39 is 23.3 Å². The zero-order valence-electron chi connectivity index (χ0n) is 21.3. The number of carbonyl (C=O) groups excluding carboxylic acids is 1. The van der Waals surface area contributed by atoms with Gasteiger partial charge in [0.25, 0.3) is 0 Å². The average Bonchev–Trinajstić information content (AvgIpc) is 3.50. The molecule has 39 heavy (non-hydrogen) atoms. The van der Waals surface area contributed by atoms with E-state index in [4.69, 9.17) is 4.52 Å². The number of carbonyl (C=O) groups is 1. The highest BCUT2D eigenvalue weighted by molar-refractivity contribution is 5.91. The largest absolute Gasteiger partial charge is 0.401 e. The van der Waals surface area contributed by atoms with Gasteiger partial charge in [-0.2, -0.15) is 18.3 Å². The van der Waals surface area contributed by atoms with Crippen LogP contribution < -0.4 is 5.32 Å². The molecule has 0 unspecified atom stereocenters. The van der Waals surface area contributed by atoms with E-state index in [1.807, 2.05) is 17.8 Å². The number of nitrogens with zero attached hydrogens (tertiary/aromatic N) is 5. The van der Waals surface area contributed by atoms with Gasteiger partial charge in [0, 0.05) is 48.2 Å². The van der Waals surface area contributed by atoms with Crippen LogP contribution in [0.15, 0.2) is 47.4 Å². The fraction of sp³-hybridized carbons (Fsp3) is 0.370. The van der Waals surface area contributed by atoms with Crippen molar-refractivity contribution in [3.8, 4) is 11.1 Å². The Morgan fingerprint density at radius 3 is 2.49 bits per heavy atom. The van der Waals surface area contributed by atoms with Crippen molar-refractivity contribution in [2.24, 2.45) is 0 Å². The van der Waals surface area contributed by atoms with Gasteiger partial charge >= 0.3 is 6.18 Å². The summed E-state index contributed by atoms with van der Waals surface area (Å²) in [6.45, 7) is 4.95. The van der Waals surface area contributed by atoms with E-state index in [1.165, 1.54) is 12.1 Å². The lowest BCUT2D eigenvalue weighted by atomic mass is 10.0. The minimum absolute atomic E-state index is 0.0885. The molecule has 0 aliphatic heterocycles. The van der Waals surface area contributed by atoms with Gasteiger partial charge in [0.05, 0.1) is 12.6 Å². The first kappa shape index (κ1) is 26.5. The van der Waals surface area contributed by atoms with Crippen molar-refractivity contribution in [3.63, 3.8) is 0 Å². The van der Waals surface area contributed by atoms with Crippen molar-refractivity contribution in [1.82, 2.24) is 24.9 Å². The Hall–Kier alpha value is -4.09. The second-order valence-corrected chi connectivity index (χ2v) is 9.73. The molecule has 0 spiro atoms. The van der Waals surface area contributed by atoms with Gasteiger partial charge in [-0.05, 0) is 43.4 Å². The van der Waals surface area contributed by atoms with Gasteiger partial charge in [0.15, 0.2) is 11.6 Å². The van der Waals surface area contributed by atoms with Crippen LogP contribution in [0.5, 0.6) is 0 Å². The molecule has 0 radical (unpaired) electrons. The summed E-state index contributed by atoms with van der Waals surface area (Å²) in [7, 11) is 0. The van der Waals surface area contributed by atoms with E-state index >= 15 is 0 Å². The minimum Gasteiger partial charge on any atom is -0.358 e. The molecule has 0 atom stereocenters. The van der Waals surface area contributed by atoms with Crippen LogP contribution in [0, 0.1) is 12.7 Å². The first-order valence-corrected chi connectivity index (χ1v) is 12.5. The summed E-state index contributed by atoms with van der Waals surface area (Å²) in [6.07, 6.45) is 1.60. The van der Waals surface area contributed by atoms with Crippen LogP contribution >= 0.6 is 0 Å². The molecule has 1 saturated carbocycles.